The van der Waals surface area contributed by atoms with Crippen LogP contribution >= 0.6 is 22.7 Å². The van der Waals surface area contributed by atoms with Crippen molar-refractivity contribution in [2.75, 3.05) is 0 Å². The molecule has 0 fully saturated rings. The summed E-state index contributed by atoms with van der Waals surface area (Å²) in [4.78, 5) is 0. The van der Waals surface area contributed by atoms with Crippen molar-refractivity contribution in [1.82, 2.24) is 0 Å². The molecule has 0 spiro atoms. The zero-order valence-corrected chi connectivity index (χ0v) is 37.6. The van der Waals surface area contributed by atoms with Crippen molar-refractivity contribution in [3.8, 4) is 44.5 Å². The number of hydrogen-bond donors (Lipinski definition) is 0. The summed E-state index contributed by atoms with van der Waals surface area (Å²) in [6.07, 6.45) is 0. The Morgan fingerprint density at radius 2 is 0.612 bits per heavy atom. The summed E-state index contributed by atoms with van der Waals surface area (Å²) in [6, 6.07) is 80.8. The number of benzene rings is 12. The normalized spacial score (nSPS) is 12.2. The van der Waals surface area contributed by atoms with E-state index in [1.807, 2.05) is 22.7 Å². The number of furan rings is 1. The third kappa shape index (κ3) is 5.30. The predicted octanol–water partition coefficient (Wildman–Crippen LogP) is 19.6. The Balaban J connectivity index is 0.965. The van der Waals surface area contributed by atoms with Crippen LogP contribution in [0.2, 0.25) is 0 Å². The molecule has 15 rings (SSSR count). The fourth-order valence-corrected chi connectivity index (χ4v) is 13.8. The zero-order chi connectivity index (χ0) is 43.7. The number of rotatable bonds is 4. The van der Waals surface area contributed by atoms with E-state index in [4.69, 9.17) is 4.42 Å². The summed E-state index contributed by atoms with van der Waals surface area (Å²) >= 11 is 3.75. The molecule has 12 aromatic carbocycles. The molecule has 0 aliphatic carbocycles. The molecule has 310 valence electrons. The van der Waals surface area contributed by atoms with Crippen molar-refractivity contribution in [3.63, 3.8) is 0 Å². The Hall–Kier alpha value is -8.08. The van der Waals surface area contributed by atoms with Crippen LogP contribution in [-0.2, 0) is 0 Å². The Morgan fingerprint density at radius 3 is 1.09 bits per heavy atom. The maximum atomic E-state index is 7.06. The lowest BCUT2D eigenvalue weighted by atomic mass is 9.84. The van der Waals surface area contributed by atoms with Crippen LogP contribution in [0.3, 0.4) is 0 Å². The fraction of sp³-hybridized carbons (Fsp3) is 0. The predicted molar refractivity (Wildman–Crippen MR) is 291 cm³/mol. The average Bonchev–Trinajstić information content (AvgIpc) is 4.09. The van der Waals surface area contributed by atoms with E-state index in [-0.39, 0.29) is 0 Å². The standard InChI is InChI=1S/C64H36OS2/c1-3-18-40-38(16-1)58(39-17-2-4-19-41(39)59(40)49-27-14-32-56-62(49)47-24-9-11-30-54(47)66-56)37-34-35-53-52(36-37)46-26-13-29-51(64(46)65-53)61-44-22-7-5-20-42(44)60(43-21-6-8-23-45(43)61)50-28-15-33-57-63(50)48-25-10-12-31-55(48)67-57/h1-36H. The van der Waals surface area contributed by atoms with Gasteiger partial charge in [0.15, 0.2) is 0 Å². The molecule has 0 aliphatic heterocycles. The molecular formula is C64H36OS2. The van der Waals surface area contributed by atoms with E-state index in [1.54, 1.807) is 0 Å². The maximum Gasteiger partial charge on any atom is 0.143 e. The van der Waals surface area contributed by atoms with Gasteiger partial charge in [0.05, 0.1) is 0 Å². The van der Waals surface area contributed by atoms with Gasteiger partial charge in [0.1, 0.15) is 11.2 Å². The molecule has 3 aromatic heterocycles. The molecule has 3 heteroatoms. The van der Waals surface area contributed by atoms with E-state index < -0.39 is 0 Å². The number of para-hydroxylation sites is 1. The van der Waals surface area contributed by atoms with Gasteiger partial charge >= 0.3 is 0 Å². The molecule has 0 saturated carbocycles. The molecule has 15 aromatic rings. The zero-order valence-electron chi connectivity index (χ0n) is 36.0. The van der Waals surface area contributed by atoms with E-state index in [2.05, 4.69) is 218 Å². The Labute approximate surface area is 393 Å². The number of hydrogen-bond acceptors (Lipinski definition) is 3. The molecule has 1 nitrogen and oxygen atoms in total. The van der Waals surface area contributed by atoms with E-state index in [1.165, 1.54) is 122 Å². The van der Waals surface area contributed by atoms with Crippen molar-refractivity contribution in [2.24, 2.45) is 0 Å². The van der Waals surface area contributed by atoms with E-state index >= 15 is 0 Å². The molecular weight excluding hydrogens is 849 g/mol. The number of fused-ring (bicyclic) bond motifs is 13. The second kappa shape index (κ2) is 14.2. The summed E-state index contributed by atoms with van der Waals surface area (Å²) in [6.45, 7) is 0. The number of thiophene rings is 2. The van der Waals surface area contributed by atoms with E-state index in [0.29, 0.717) is 0 Å². The lowest BCUT2D eigenvalue weighted by molar-refractivity contribution is 0.670. The molecule has 0 aliphatic rings. The third-order valence-corrected chi connectivity index (χ3v) is 16.5. The largest absolute Gasteiger partial charge is 0.455 e. The van der Waals surface area contributed by atoms with E-state index in [0.717, 1.165) is 27.5 Å². The smallest absolute Gasteiger partial charge is 0.143 e. The van der Waals surface area contributed by atoms with Gasteiger partial charge in [0.25, 0.3) is 0 Å². The van der Waals surface area contributed by atoms with Crippen molar-refractivity contribution >= 4 is 128 Å². The van der Waals surface area contributed by atoms with Gasteiger partial charge in [0, 0.05) is 62.2 Å². The first-order valence-corrected chi connectivity index (χ1v) is 24.5. The van der Waals surface area contributed by atoms with Crippen LogP contribution in [0.1, 0.15) is 0 Å². The summed E-state index contributed by atoms with van der Waals surface area (Å²) in [5.74, 6) is 0. The Morgan fingerprint density at radius 1 is 0.254 bits per heavy atom. The van der Waals surface area contributed by atoms with Crippen LogP contribution in [0.15, 0.2) is 223 Å². The molecule has 0 bridgehead atoms. The Bertz CT molecular complexity index is 4470. The van der Waals surface area contributed by atoms with Crippen molar-refractivity contribution in [1.29, 1.82) is 0 Å². The maximum absolute atomic E-state index is 7.06. The van der Waals surface area contributed by atoms with Crippen LogP contribution < -0.4 is 0 Å². The van der Waals surface area contributed by atoms with Gasteiger partial charge in [-0.1, -0.05) is 182 Å². The minimum atomic E-state index is 0.883. The topological polar surface area (TPSA) is 13.1 Å². The van der Waals surface area contributed by atoms with Crippen molar-refractivity contribution in [2.45, 2.75) is 0 Å². The molecule has 0 radical (unpaired) electrons. The van der Waals surface area contributed by atoms with E-state index in [9.17, 15) is 0 Å². The first-order chi connectivity index (χ1) is 33.3. The highest BCUT2D eigenvalue weighted by Gasteiger charge is 2.24. The summed E-state index contributed by atoms with van der Waals surface area (Å²) in [5, 5.41) is 17.4. The van der Waals surface area contributed by atoms with Gasteiger partial charge in [-0.15, -0.1) is 22.7 Å². The summed E-state index contributed by atoms with van der Waals surface area (Å²) < 4.78 is 12.3. The monoisotopic (exact) mass is 884 g/mol. The second-order valence-electron chi connectivity index (χ2n) is 17.7. The molecule has 0 unspecified atom stereocenters. The van der Waals surface area contributed by atoms with Crippen LogP contribution in [0.5, 0.6) is 0 Å². The van der Waals surface area contributed by atoms with Crippen LogP contribution in [-0.4, -0.2) is 0 Å². The van der Waals surface area contributed by atoms with Gasteiger partial charge in [-0.25, -0.2) is 0 Å². The molecule has 67 heavy (non-hydrogen) atoms. The summed E-state index contributed by atoms with van der Waals surface area (Å²) in [7, 11) is 0. The Kier molecular flexibility index (Phi) is 7.88. The van der Waals surface area contributed by atoms with Gasteiger partial charge in [-0.2, -0.15) is 0 Å². The van der Waals surface area contributed by atoms with Crippen LogP contribution in [0, 0.1) is 0 Å². The van der Waals surface area contributed by atoms with Crippen molar-refractivity contribution < 1.29 is 4.42 Å². The third-order valence-electron chi connectivity index (χ3n) is 14.3. The summed E-state index contributed by atoms with van der Waals surface area (Å²) in [5.41, 5.74) is 11.6. The molecule has 0 N–H and O–H groups in total. The fourth-order valence-electron chi connectivity index (χ4n) is 11.6. The van der Waals surface area contributed by atoms with Gasteiger partial charge in [-0.3, -0.25) is 0 Å². The first kappa shape index (κ1) is 37.2. The highest BCUT2D eigenvalue weighted by Crippen LogP contribution is 2.51. The molecule has 3 heterocycles. The highest BCUT2D eigenvalue weighted by atomic mass is 32.1. The lowest BCUT2D eigenvalue weighted by Gasteiger charge is -2.18. The van der Waals surface area contributed by atoms with Crippen molar-refractivity contribution in [3.05, 3.63) is 218 Å². The average molecular weight is 885 g/mol. The van der Waals surface area contributed by atoms with Gasteiger partial charge in [0.2, 0.25) is 0 Å². The minimum Gasteiger partial charge on any atom is -0.455 e. The highest BCUT2D eigenvalue weighted by molar-refractivity contribution is 7.26. The molecule has 0 saturated heterocycles. The van der Waals surface area contributed by atoms with Crippen LogP contribution in [0.4, 0.5) is 0 Å². The minimum absolute atomic E-state index is 0.883. The molecule has 0 amide bonds. The van der Waals surface area contributed by atoms with Gasteiger partial charge < -0.3 is 4.42 Å². The van der Waals surface area contributed by atoms with Crippen LogP contribution in [0.25, 0.3) is 150 Å². The van der Waals surface area contributed by atoms with Gasteiger partial charge in [-0.05, 0) is 113 Å². The quantitative estimate of drug-likeness (QED) is 0.161. The molecule has 0 atom stereocenters. The lowest BCUT2D eigenvalue weighted by Crippen LogP contribution is -1.91. The SMILES string of the molecule is c1ccc2c(c1)sc1cccc(-c3c4ccccc4c(-c4ccc5oc6c(-c7c8ccccc8c(-c8cccc9sc%10ccccc%10c89)c8ccccc78)cccc6c5c4)c4ccccc34)c12. The first-order valence-electron chi connectivity index (χ1n) is 22.9. The second-order valence-corrected chi connectivity index (χ2v) is 19.9.